The summed E-state index contributed by atoms with van der Waals surface area (Å²) in [6, 6.07) is 0. The van der Waals surface area contributed by atoms with Crippen molar-refractivity contribution in [1.82, 2.24) is 0 Å². The highest BCUT2D eigenvalue weighted by Gasteiger charge is 1.28. The predicted octanol–water partition coefficient (Wildman–Crippen LogP) is 0.684. The molecule has 0 fully saturated rings. The fourth-order valence-corrected chi connectivity index (χ4v) is 0. The molecule has 0 saturated carbocycles. The van der Waals surface area contributed by atoms with E-state index in [1.165, 1.54) is 0 Å². The molecule has 1 N–H and O–H groups in total. The lowest BCUT2D eigenvalue weighted by molar-refractivity contribution is 0.524. The van der Waals surface area contributed by atoms with Gasteiger partial charge in [-0.25, -0.2) is 4.57 Å². The maximum atomic E-state index is 8.46. The predicted molar refractivity (Wildman–Crippen MR) is 29.6 cm³/mol. The fourth-order valence-electron chi connectivity index (χ4n) is 0. The van der Waals surface area contributed by atoms with Crippen LogP contribution in [0.15, 0.2) is 0 Å². The van der Waals surface area contributed by atoms with E-state index in [0.29, 0.717) is 0 Å². The van der Waals surface area contributed by atoms with E-state index >= 15 is 0 Å². The fraction of sp³-hybridized carbons (Fsp3) is 0. The highest BCUT2D eigenvalue weighted by molar-refractivity contribution is 7.16. The lowest BCUT2D eigenvalue weighted by Gasteiger charge is -1.24. The Bertz CT molecular complexity index is 49.2. The molecular formula is C4H5O2P. The van der Waals surface area contributed by atoms with Crippen molar-refractivity contribution in [2.75, 3.05) is 0 Å². The standard InChI is InChI=1S/2C2H2.HO2P/c2*1-2;1-3-2/h2*1-2H;(H,1,2). The van der Waals surface area contributed by atoms with Gasteiger partial charge in [-0.15, -0.1) is 25.7 Å². The molecule has 0 aliphatic rings. The van der Waals surface area contributed by atoms with Crippen LogP contribution in [-0.4, -0.2) is 4.89 Å². The van der Waals surface area contributed by atoms with E-state index in [4.69, 9.17) is 9.46 Å². The normalized spacial score (nSPS) is 3.57. The van der Waals surface area contributed by atoms with Crippen LogP contribution in [0.1, 0.15) is 0 Å². The summed E-state index contributed by atoms with van der Waals surface area (Å²) in [7, 11) is -0.833. The average Bonchev–Trinajstić information content (AvgIpc) is 1.78. The molecular weight excluding hydrogens is 111 g/mol. The van der Waals surface area contributed by atoms with Gasteiger partial charge >= 0.3 is 8.69 Å². The topological polar surface area (TPSA) is 37.3 Å². The highest BCUT2D eigenvalue weighted by Crippen LogP contribution is 1.66. The molecule has 0 unspecified atom stereocenters. The van der Waals surface area contributed by atoms with Crippen molar-refractivity contribution < 1.29 is 9.46 Å². The second-order valence-electron chi connectivity index (χ2n) is 0.0816. The van der Waals surface area contributed by atoms with Crippen molar-refractivity contribution in [3.63, 3.8) is 0 Å². The maximum absolute atomic E-state index is 8.46. The Hall–Kier alpha value is -0.820. The third-order valence-electron chi connectivity index (χ3n) is 0. The van der Waals surface area contributed by atoms with Crippen molar-refractivity contribution in [2.24, 2.45) is 0 Å². The van der Waals surface area contributed by atoms with Crippen LogP contribution < -0.4 is 0 Å². The summed E-state index contributed by atoms with van der Waals surface area (Å²) in [6.45, 7) is 0. The number of hydrogen-bond donors (Lipinski definition) is 1. The van der Waals surface area contributed by atoms with Crippen LogP contribution in [-0.2, 0) is 4.57 Å². The zero-order chi connectivity index (χ0) is 6.71. The Kier molecular flexibility index (Phi) is 6540. The minimum atomic E-state index is -0.833. The number of rotatable bonds is 0. The van der Waals surface area contributed by atoms with Crippen LogP contribution in [0.5, 0.6) is 0 Å². The van der Waals surface area contributed by atoms with E-state index in [1.54, 1.807) is 0 Å². The lowest BCUT2D eigenvalue weighted by atomic mass is 11.4. The Morgan fingerprint density at radius 1 is 1.14 bits per heavy atom. The van der Waals surface area contributed by atoms with E-state index in [9.17, 15) is 0 Å². The molecule has 0 spiro atoms. The summed E-state index contributed by atoms with van der Waals surface area (Å²) < 4.78 is 8.46. The van der Waals surface area contributed by atoms with Gasteiger partial charge < -0.3 is 4.89 Å². The first-order valence-electron chi connectivity index (χ1n) is 1.05. The molecule has 38 valence electrons. The van der Waals surface area contributed by atoms with Crippen molar-refractivity contribution >= 4 is 8.69 Å². The Morgan fingerprint density at radius 3 is 1.14 bits per heavy atom. The zero-order valence-electron chi connectivity index (χ0n) is 3.61. The molecule has 2 nitrogen and oxygen atoms in total. The summed E-state index contributed by atoms with van der Waals surface area (Å²) in [6.07, 6.45) is 16.0. The van der Waals surface area contributed by atoms with Gasteiger partial charge in [0.05, 0.1) is 0 Å². The summed E-state index contributed by atoms with van der Waals surface area (Å²) >= 11 is 0. The molecule has 0 saturated heterocycles. The van der Waals surface area contributed by atoms with Crippen LogP contribution >= 0.6 is 8.69 Å². The molecule has 3 heteroatoms. The van der Waals surface area contributed by atoms with Gasteiger partial charge in [-0.05, 0) is 0 Å². The summed E-state index contributed by atoms with van der Waals surface area (Å²) in [5.41, 5.74) is 0. The summed E-state index contributed by atoms with van der Waals surface area (Å²) in [4.78, 5) is 6.99. The minimum Gasteiger partial charge on any atom is -0.310 e. The molecule has 0 aliphatic heterocycles. The zero-order valence-corrected chi connectivity index (χ0v) is 4.51. The van der Waals surface area contributed by atoms with Gasteiger partial charge in [0.2, 0.25) is 0 Å². The molecule has 0 heterocycles. The van der Waals surface area contributed by atoms with Crippen molar-refractivity contribution in [2.45, 2.75) is 0 Å². The van der Waals surface area contributed by atoms with Gasteiger partial charge in [0.1, 0.15) is 0 Å². The van der Waals surface area contributed by atoms with Crippen molar-refractivity contribution in [3.05, 3.63) is 0 Å². The van der Waals surface area contributed by atoms with Crippen molar-refractivity contribution in [1.29, 1.82) is 0 Å². The van der Waals surface area contributed by atoms with Gasteiger partial charge in [0.25, 0.3) is 0 Å². The van der Waals surface area contributed by atoms with E-state index in [0.717, 1.165) is 0 Å². The first-order valence-corrected chi connectivity index (χ1v) is 1.81. The summed E-state index contributed by atoms with van der Waals surface area (Å²) in [5, 5.41) is 0. The first-order chi connectivity index (χ1) is 3.41. The lowest BCUT2D eigenvalue weighted by Crippen LogP contribution is -1.03. The van der Waals surface area contributed by atoms with Crippen LogP contribution in [0.4, 0.5) is 0 Å². The average molecular weight is 116 g/mol. The van der Waals surface area contributed by atoms with Gasteiger partial charge in [0, 0.05) is 0 Å². The van der Waals surface area contributed by atoms with Gasteiger partial charge in [-0.3, -0.25) is 0 Å². The molecule has 0 rings (SSSR count). The molecule has 0 radical (unpaired) electrons. The van der Waals surface area contributed by atoms with E-state index < -0.39 is 8.69 Å². The third-order valence-corrected chi connectivity index (χ3v) is 0. The maximum Gasteiger partial charge on any atom is 0.324 e. The van der Waals surface area contributed by atoms with Gasteiger partial charge in [-0.1, -0.05) is 0 Å². The van der Waals surface area contributed by atoms with Crippen LogP contribution in [0.25, 0.3) is 0 Å². The van der Waals surface area contributed by atoms with Crippen LogP contribution in [0.3, 0.4) is 0 Å². The Labute approximate surface area is 44.8 Å². The second-order valence-corrected chi connectivity index (χ2v) is 0.245. The minimum absolute atomic E-state index is 0.833. The molecule has 0 aromatic heterocycles. The quantitative estimate of drug-likeness (QED) is 0.373. The van der Waals surface area contributed by atoms with Crippen molar-refractivity contribution in [3.8, 4) is 25.7 Å². The monoisotopic (exact) mass is 116 g/mol. The van der Waals surface area contributed by atoms with Gasteiger partial charge in [-0.2, -0.15) is 0 Å². The highest BCUT2D eigenvalue weighted by atomic mass is 31.1. The molecule has 7 heavy (non-hydrogen) atoms. The molecule has 0 aromatic rings. The smallest absolute Gasteiger partial charge is 0.310 e. The molecule has 0 bridgehead atoms. The SMILES string of the molecule is C#C.C#C.O=PO. The van der Waals surface area contributed by atoms with Crippen LogP contribution in [0, 0.1) is 25.7 Å². The first kappa shape index (κ1) is 16.4. The van der Waals surface area contributed by atoms with E-state index in [-0.39, 0.29) is 0 Å². The largest absolute Gasteiger partial charge is 0.324 e. The molecule has 0 aliphatic carbocycles. The summed E-state index contributed by atoms with van der Waals surface area (Å²) in [5.74, 6) is 0. The number of hydrogen-bond acceptors (Lipinski definition) is 1. The molecule has 0 atom stereocenters. The number of terminal acetylenes is 2. The van der Waals surface area contributed by atoms with Gasteiger partial charge in [0.15, 0.2) is 0 Å². The second kappa shape index (κ2) is 2790. The van der Waals surface area contributed by atoms with E-state index in [2.05, 4.69) is 25.7 Å². The third kappa shape index (κ3) is 77.9. The van der Waals surface area contributed by atoms with Crippen LogP contribution in [0.2, 0.25) is 0 Å². The molecule has 0 amide bonds. The Balaban J connectivity index is -0.0000000360. The van der Waals surface area contributed by atoms with E-state index in [1.807, 2.05) is 0 Å². The molecule has 0 aromatic carbocycles. The Morgan fingerprint density at radius 2 is 1.14 bits per heavy atom.